The summed E-state index contributed by atoms with van der Waals surface area (Å²) in [6.07, 6.45) is 1.71. The summed E-state index contributed by atoms with van der Waals surface area (Å²) in [6, 6.07) is 11.8. The lowest BCUT2D eigenvalue weighted by molar-refractivity contribution is -0.122. The Bertz CT molecular complexity index is 985. The van der Waals surface area contributed by atoms with Gasteiger partial charge in [0.15, 0.2) is 16.6 Å². The van der Waals surface area contributed by atoms with Crippen molar-refractivity contribution in [1.29, 1.82) is 0 Å². The van der Waals surface area contributed by atoms with Gasteiger partial charge < -0.3 is 19.9 Å². The molecule has 3 rings (SSSR count). The Kier molecular flexibility index (Phi) is 6.13. The maximum atomic E-state index is 12.3. The van der Waals surface area contributed by atoms with Gasteiger partial charge in [0.1, 0.15) is 12.3 Å². The molecule has 1 fully saturated rings. The van der Waals surface area contributed by atoms with Crippen LogP contribution in [0.1, 0.15) is 28.4 Å². The van der Waals surface area contributed by atoms with Gasteiger partial charge in [-0.1, -0.05) is 18.2 Å². The van der Waals surface area contributed by atoms with E-state index in [2.05, 4.69) is 5.32 Å². The average molecular weight is 412 g/mol. The number of carboxylic acid groups (broad SMARTS) is 1. The van der Waals surface area contributed by atoms with Gasteiger partial charge in [-0.25, -0.2) is 4.79 Å². The van der Waals surface area contributed by atoms with E-state index >= 15 is 0 Å². The molecule has 8 heteroatoms. The number of hydrogen-bond acceptors (Lipinski definition) is 5. The largest absolute Gasteiger partial charge is 0.493 e. The molecular weight excluding hydrogens is 392 g/mol. The van der Waals surface area contributed by atoms with Gasteiger partial charge in [-0.2, -0.15) is 0 Å². The van der Waals surface area contributed by atoms with Gasteiger partial charge in [-0.15, -0.1) is 0 Å². The second kappa shape index (κ2) is 8.74. The molecule has 150 valence electrons. The fraction of sp³-hybridized carbons (Fsp3) is 0.190. The number of hydrogen-bond donors (Lipinski definition) is 2. The minimum atomic E-state index is -0.970. The summed E-state index contributed by atoms with van der Waals surface area (Å²) in [6.45, 7) is 2.63. The van der Waals surface area contributed by atoms with Crippen LogP contribution >= 0.6 is 12.2 Å². The molecule has 0 spiro atoms. The number of ether oxygens (including phenoxy) is 2. The predicted molar refractivity (Wildman–Crippen MR) is 112 cm³/mol. The lowest BCUT2D eigenvalue weighted by Crippen LogP contribution is -2.30. The lowest BCUT2D eigenvalue weighted by atomic mass is 10.1. The first-order chi connectivity index (χ1) is 13.9. The molecule has 0 atom stereocenters. The average Bonchev–Trinajstić information content (AvgIpc) is 2.99. The highest BCUT2D eigenvalue weighted by Gasteiger charge is 2.29. The Morgan fingerprint density at radius 1 is 1.21 bits per heavy atom. The van der Waals surface area contributed by atoms with Gasteiger partial charge >= 0.3 is 5.97 Å². The fourth-order valence-electron chi connectivity index (χ4n) is 2.82. The third kappa shape index (κ3) is 4.55. The summed E-state index contributed by atoms with van der Waals surface area (Å²) >= 11 is 5.16. The molecule has 2 N–H and O–H groups in total. The highest BCUT2D eigenvalue weighted by Crippen LogP contribution is 2.30. The van der Waals surface area contributed by atoms with Crippen LogP contribution in [0, 0.1) is 0 Å². The normalized spacial score (nSPS) is 14.8. The predicted octanol–water partition coefficient (Wildman–Crippen LogP) is 3.05. The zero-order valence-corrected chi connectivity index (χ0v) is 16.8. The number of aromatic carboxylic acids is 1. The number of amides is 1. The quantitative estimate of drug-likeness (QED) is 0.534. The Hall–Kier alpha value is -3.39. The second-order valence-corrected chi connectivity index (χ2v) is 6.63. The number of benzene rings is 2. The Morgan fingerprint density at radius 3 is 2.52 bits per heavy atom. The molecule has 29 heavy (non-hydrogen) atoms. The molecule has 0 saturated carbocycles. The van der Waals surface area contributed by atoms with Gasteiger partial charge in [-0.05, 0) is 60.6 Å². The summed E-state index contributed by atoms with van der Waals surface area (Å²) in [5.41, 5.74) is 2.22. The number of carboxylic acids is 1. The van der Waals surface area contributed by atoms with Gasteiger partial charge in [0.2, 0.25) is 0 Å². The maximum Gasteiger partial charge on any atom is 0.335 e. The third-order valence-electron chi connectivity index (χ3n) is 4.37. The summed E-state index contributed by atoms with van der Waals surface area (Å²) in [4.78, 5) is 24.7. The molecule has 0 aliphatic carbocycles. The molecule has 0 bridgehead atoms. The molecule has 1 amide bonds. The zero-order valence-electron chi connectivity index (χ0n) is 16.0. The fourth-order valence-corrected chi connectivity index (χ4v) is 3.15. The van der Waals surface area contributed by atoms with Crippen LogP contribution in [0.2, 0.25) is 0 Å². The molecule has 0 radical (unpaired) electrons. The number of methoxy groups -OCH3 is 1. The van der Waals surface area contributed by atoms with Crippen LogP contribution in [0.3, 0.4) is 0 Å². The van der Waals surface area contributed by atoms with Gasteiger partial charge in [0.25, 0.3) is 5.91 Å². The van der Waals surface area contributed by atoms with Crippen LogP contribution in [0.5, 0.6) is 11.5 Å². The van der Waals surface area contributed by atoms with Crippen molar-refractivity contribution in [3.63, 3.8) is 0 Å². The number of nitrogens with one attached hydrogen (secondary N) is 1. The molecule has 0 aromatic heterocycles. The molecule has 1 aliphatic rings. The number of nitrogens with zero attached hydrogens (tertiary/aromatic N) is 1. The van der Waals surface area contributed by atoms with Crippen molar-refractivity contribution < 1.29 is 24.2 Å². The van der Waals surface area contributed by atoms with Gasteiger partial charge in [-0.3, -0.25) is 9.69 Å². The summed E-state index contributed by atoms with van der Waals surface area (Å²) < 4.78 is 11.2. The number of carbonyl (C=O) groups excluding carboxylic acids is 1. The van der Waals surface area contributed by atoms with Crippen LogP contribution in [0.25, 0.3) is 6.08 Å². The van der Waals surface area contributed by atoms with E-state index in [-0.39, 0.29) is 18.1 Å². The standard InChI is InChI=1S/C21H20N2O5S/c1-3-23-19(24)16(22-21(23)29)10-14-6-9-17(18(11-14)27-2)28-12-13-4-7-15(8-5-13)20(25)26/h4-11H,3,12H2,1-2H3,(H,22,29)(H,25,26)/b16-10-. The Labute approximate surface area is 173 Å². The van der Waals surface area contributed by atoms with E-state index < -0.39 is 5.97 Å². The van der Waals surface area contributed by atoms with Crippen molar-refractivity contribution in [3.8, 4) is 11.5 Å². The second-order valence-electron chi connectivity index (χ2n) is 6.24. The van der Waals surface area contributed by atoms with Crippen LogP contribution in [-0.2, 0) is 11.4 Å². The van der Waals surface area contributed by atoms with Crippen LogP contribution in [0.15, 0.2) is 48.2 Å². The summed E-state index contributed by atoms with van der Waals surface area (Å²) in [5, 5.41) is 12.3. The third-order valence-corrected chi connectivity index (χ3v) is 4.69. The summed E-state index contributed by atoms with van der Waals surface area (Å²) in [7, 11) is 1.54. The minimum Gasteiger partial charge on any atom is -0.493 e. The smallest absolute Gasteiger partial charge is 0.335 e. The zero-order chi connectivity index (χ0) is 21.0. The Morgan fingerprint density at radius 2 is 1.93 bits per heavy atom. The number of carbonyl (C=O) groups is 2. The van der Waals surface area contributed by atoms with Gasteiger partial charge in [0, 0.05) is 6.54 Å². The number of thiocarbonyl (C=S) groups is 1. The Balaban J connectivity index is 1.74. The van der Waals surface area contributed by atoms with E-state index in [1.54, 1.807) is 30.3 Å². The highest BCUT2D eigenvalue weighted by molar-refractivity contribution is 7.80. The van der Waals surface area contributed by atoms with E-state index in [1.807, 2.05) is 13.0 Å². The SMILES string of the molecule is CCN1C(=O)/C(=C/c2ccc(OCc3ccc(C(=O)O)cc3)c(OC)c2)NC1=S. The van der Waals surface area contributed by atoms with Crippen molar-refractivity contribution in [2.24, 2.45) is 0 Å². The maximum absolute atomic E-state index is 12.3. The van der Waals surface area contributed by atoms with E-state index in [4.69, 9.17) is 26.8 Å². The van der Waals surface area contributed by atoms with Crippen molar-refractivity contribution in [3.05, 3.63) is 64.9 Å². The first kappa shape index (κ1) is 20.3. The first-order valence-electron chi connectivity index (χ1n) is 8.90. The molecule has 1 heterocycles. The van der Waals surface area contributed by atoms with E-state index in [0.29, 0.717) is 28.9 Å². The van der Waals surface area contributed by atoms with Gasteiger partial charge in [0.05, 0.1) is 12.7 Å². The number of rotatable bonds is 7. The first-order valence-corrected chi connectivity index (χ1v) is 9.31. The van der Waals surface area contributed by atoms with Crippen LogP contribution in [0.4, 0.5) is 0 Å². The lowest BCUT2D eigenvalue weighted by Gasteiger charge is -2.12. The van der Waals surface area contributed by atoms with Crippen molar-refractivity contribution in [2.45, 2.75) is 13.5 Å². The molecule has 2 aromatic carbocycles. The van der Waals surface area contributed by atoms with Crippen molar-refractivity contribution in [1.82, 2.24) is 10.2 Å². The molecular formula is C21H20N2O5S. The molecule has 0 unspecified atom stereocenters. The number of likely N-dealkylation sites (N-methyl/N-ethyl adjacent to an activating group) is 1. The summed E-state index contributed by atoms with van der Waals surface area (Å²) in [5.74, 6) is -0.0845. The van der Waals surface area contributed by atoms with Crippen LogP contribution in [-0.4, -0.2) is 40.6 Å². The topological polar surface area (TPSA) is 88.1 Å². The monoisotopic (exact) mass is 412 g/mol. The molecule has 7 nitrogen and oxygen atoms in total. The minimum absolute atomic E-state index is 0.165. The van der Waals surface area contributed by atoms with Crippen molar-refractivity contribution in [2.75, 3.05) is 13.7 Å². The van der Waals surface area contributed by atoms with E-state index in [9.17, 15) is 9.59 Å². The molecule has 1 aliphatic heterocycles. The van der Waals surface area contributed by atoms with E-state index in [1.165, 1.54) is 24.1 Å². The van der Waals surface area contributed by atoms with Crippen LogP contribution < -0.4 is 14.8 Å². The van der Waals surface area contributed by atoms with E-state index in [0.717, 1.165) is 11.1 Å². The molecule has 1 saturated heterocycles. The molecule has 2 aromatic rings. The van der Waals surface area contributed by atoms with Crippen molar-refractivity contribution >= 4 is 35.3 Å². The highest BCUT2D eigenvalue weighted by atomic mass is 32.1.